The zero-order chi connectivity index (χ0) is 14.0. The lowest BCUT2D eigenvalue weighted by atomic mass is 9.99. The fourth-order valence-electron chi connectivity index (χ4n) is 1.86. The Morgan fingerprint density at radius 2 is 1.84 bits per heavy atom. The maximum atomic E-state index is 13.4. The topological polar surface area (TPSA) is 26.0 Å². The Kier molecular flexibility index (Phi) is 4.27. The zero-order valence-electron chi connectivity index (χ0n) is 9.84. The highest BCUT2D eigenvalue weighted by molar-refractivity contribution is 9.10. The molecule has 0 amide bonds. The summed E-state index contributed by atoms with van der Waals surface area (Å²) in [5.74, 6) is -2.25. The Bertz CT molecular complexity index is 601. The molecule has 2 N–H and O–H groups in total. The molecule has 0 aliphatic heterocycles. The molecule has 2 aromatic rings. The van der Waals surface area contributed by atoms with Crippen LogP contribution < -0.4 is 5.73 Å². The molecule has 0 spiro atoms. The van der Waals surface area contributed by atoms with E-state index in [1.807, 2.05) is 0 Å². The van der Waals surface area contributed by atoms with E-state index < -0.39 is 17.7 Å². The van der Waals surface area contributed by atoms with Gasteiger partial charge in [0, 0.05) is 6.04 Å². The van der Waals surface area contributed by atoms with E-state index in [2.05, 4.69) is 15.9 Å². The Balaban J connectivity index is 2.25. The van der Waals surface area contributed by atoms with E-state index in [0.29, 0.717) is 17.5 Å². The molecule has 1 nitrogen and oxygen atoms in total. The predicted molar refractivity (Wildman–Crippen MR) is 71.1 cm³/mol. The fourth-order valence-corrected chi connectivity index (χ4v) is 2.47. The first-order chi connectivity index (χ1) is 8.99. The molecule has 1 unspecified atom stereocenters. The van der Waals surface area contributed by atoms with Crippen molar-refractivity contribution in [3.63, 3.8) is 0 Å². The summed E-state index contributed by atoms with van der Waals surface area (Å²) in [5, 5.41) is 0. The first-order valence-electron chi connectivity index (χ1n) is 5.62. The van der Waals surface area contributed by atoms with Crippen molar-refractivity contribution in [3.8, 4) is 0 Å². The standard InChI is InChI=1S/C14H11BrF3N/c15-13-10(4-5-11(17)14(13)18)12(19)7-8-2-1-3-9(16)6-8/h1-6,12H,7,19H2. The average Bonchev–Trinajstić information content (AvgIpc) is 2.36. The molecule has 0 heterocycles. The number of benzene rings is 2. The van der Waals surface area contributed by atoms with Gasteiger partial charge in [-0.1, -0.05) is 18.2 Å². The molecule has 0 saturated carbocycles. The van der Waals surface area contributed by atoms with Gasteiger partial charge in [-0.15, -0.1) is 0 Å². The van der Waals surface area contributed by atoms with Gasteiger partial charge < -0.3 is 5.73 Å². The molecular weight excluding hydrogens is 319 g/mol. The lowest BCUT2D eigenvalue weighted by Gasteiger charge is -2.14. The van der Waals surface area contributed by atoms with Crippen LogP contribution in [0.5, 0.6) is 0 Å². The van der Waals surface area contributed by atoms with Crippen molar-refractivity contribution in [2.45, 2.75) is 12.5 Å². The monoisotopic (exact) mass is 329 g/mol. The normalized spacial score (nSPS) is 12.5. The second-order valence-corrected chi connectivity index (χ2v) is 5.00. The highest BCUT2D eigenvalue weighted by Crippen LogP contribution is 2.28. The van der Waals surface area contributed by atoms with Gasteiger partial charge in [0.2, 0.25) is 0 Å². The Morgan fingerprint density at radius 1 is 1.11 bits per heavy atom. The summed E-state index contributed by atoms with van der Waals surface area (Å²) in [6.07, 6.45) is 0.335. The molecule has 0 fully saturated rings. The summed E-state index contributed by atoms with van der Waals surface area (Å²) in [4.78, 5) is 0. The SMILES string of the molecule is NC(Cc1cccc(F)c1)c1ccc(F)c(F)c1Br. The third-order valence-electron chi connectivity index (χ3n) is 2.81. The number of rotatable bonds is 3. The van der Waals surface area contributed by atoms with Gasteiger partial charge in [-0.3, -0.25) is 0 Å². The van der Waals surface area contributed by atoms with Crippen LogP contribution in [0.4, 0.5) is 13.2 Å². The van der Waals surface area contributed by atoms with Gasteiger partial charge in [-0.05, 0) is 51.7 Å². The number of hydrogen-bond acceptors (Lipinski definition) is 1. The summed E-state index contributed by atoms with van der Waals surface area (Å²) in [5.41, 5.74) is 7.10. The van der Waals surface area contributed by atoms with Gasteiger partial charge in [0.05, 0.1) is 4.47 Å². The third kappa shape index (κ3) is 3.16. The summed E-state index contributed by atoms with van der Waals surface area (Å²) in [6, 6.07) is 7.92. The van der Waals surface area contributed by atoms with Crippen molar-refractivity contribution >= 4 is 15.9 Å². The van der Waals surface area contributed by atoms with Crippen molar-refractivity contribution in [2.75, 3.05) is 0 Å². The van der Waals surface area contributed by atoms with Crippen molar-refractivity contribution in [2.24, 2.45) is 5.73 Å². The molecule has 2 rings (SSSR count). The summed E-state index contributed by atoms with van der Waals surface area (Å²) in [6.45, 7) is 0. The van der Waals surface area contributed by atoms with Crippen LogP contribution in [0, 0.1) is 17.5 Å². The van der Waals surface area contributed by atoms with Crippen molar-refractivity contribution in [3.05, 3.63) is 69.4 Å². The minimum absolute atomic E-state index is 0.0106. The number of hydrogen-bond donors (Lipinski definition) is 1. The van der Waals surface area contributed by atoms with E-state index in [0.717, 1.165) is 6.07 Å². The highest BCUT2D eigenvalue weighted by Gasteiger charge is 2.16. The molecule has 1 atom stereocenters. The van der Waals surface area contributed by atoms with Crippen LogP contribution in [0.15, 0.2) is 40.9 Å². The highest BCUT2D eigenvalue weighted by atomic mass is 79.9. The minimum Gasteiger partial charge on any atom is -0.324 e. The van der Waals surface area contributed by atoms with Crippen LogP contribution >= 0.6 is 15.9 Å². The van der Waals surface area contributed by atoms with E-state index in [9.17, 15) is 13.2 Å². The van der Waals surface area contributed by atoms with Crippen molar-refractivity contribution in [1.82, 2.24) is 0 Å². The lowest BCUT2D eigenvalue weighted by molar-refractivity contribution is 0.500. The quantitative estimate of drug-likeness (QED) is 0.842. The van der Waals surface area contributed by atoms with Crippen LogP contribution in [0.25, 0.3) is 0 Å². The Hall–Kier alpha value is -1.33. The lowest BCUT2D eigenvalue weighted by Crippen LogP contribution is -2.15. The molecule has 19 heavy (non-hydrogen) atoms. The number of nitrogens with two attached hydrogens (primary N) is 1. The van der Waals surface area contributed by atoms with E-state index in [-0.39, 0.29) is 10.3 Å². The smallest absolute Gasteiger partial charge is 0.173 e. The fraction of sp³-hybridized carbons (Fsp3) is 0.143. The Labute approximate surface area is 117 Å². The van der Waals surface area contributed by atoms with Crippen molar-refractivity contribution in [1.29, 1.82) is 0 Å². The van der Waals surface area contributed by atoms with Crippen LogP contribution in [-0.4, -0.2) is 0 Å². The number of halogens is 4. The van der Waals surface area contributed by atoms with E-state index in [1.165, 1.54) is 18.2 Å². The first kappa shape index (κ1) is 14.1. The Morgan fingerprint density at radius 3 is 2.53 bits per heavy atom. The van der Waals surface area contributed by atoms with Crippen LogP contribution in [0.3, 0.4) is 0 Å². The molecule has 0 aliphatic rings. The molecule has 2 aromatic carbocycles. The molecule has 0 aromatic heterocycles. The second-order valence-electron chi connectivity index (χ2n) is 4.21. The van der Waals surface area contributed by atoms with Gasteiger partial charge in [0.1, 0.15) is 5.82 Å². The summed E-state index contributed by atoms with van der Waals surface area (Å²) >= 11 is 2.99. The first-order valence-corrected chi connectivity index (χ1v) is 6.41. The van der Waals surface area contributed by atoms with Gasteiger partial charge in [-0.2, -0.15) is 0 Å². The van der Waals surface area contributed by atoms with Crippen molar-refractivity contribution < 1.29 is 13.2 Å². The molecule has 100 valence electrons. The van der Waals surface area contributed by atoms with E-state index >= 15 is 0 Å². The second kappa shape index (κ2) is 5.75. The zero-order valence-corrected chi connectivity index (χ0v) is 11.4. The van der Waals surface area contributed by atoms with Gasteiger partial charge in [0.25, 0.3) is 0 Å². The minimum atomic E-state index is -0.966. The molecule has 0 saturated heterocycles. The predicted octanol–water partition coefficient (Wildman–Crippen LogP) is 4.11. The van der Waals surface area contributed by atoms with E-state index in [4.69, 9.17) is 5.73 Å². The largest absolute Gasteiger partial charge is 0.324 e. The summed E-state index contributed by atoms with van der Waals surface area (Å²) in [7, 11) is 0. The van der Waals surface area contributed by atoms with Crippen LogP contribution in [0.2, 0.25) is 0 Å². The van der Waals surface area contributed by atoms with Crippen LogP contribution in [0.1, 0.15) is 17.2 Å². The van der Waals surface area contributed by atoms with Crippen LogP contribution in [-0.2, 0) is 6.42 Å². The third-order valence-corrected chi connectivity index (χ3v) is 3.62. The van der Waals surface area contributed by atoms with E-state index in [1.54, 1.807) is 12.1 Å². The molecule has 0 radical (unpaired) electrons. The molecule has 0 aliphatic carbocycles. The maximum Gasteiger partial charge on any atom is 0.173 e. The van der Waals surface area contributed by atoms with Gasteiger partial charge in [-0.25, -0.2) is 13.2 Å². The van der Waals surface area contributed by atoms with Gasteiger partial charge >= 0.3 is 0 Å². The van der Waals surface area contributed by atoms with Gasteiger partial charge in [0.15, 0.2) is 11.6 Å². The average molecular weight is 330 g/mol. The summed E-state index contributed by atoms with van der Waals surface area (Å²) < 4.78 is 39.5. The maximum absolute atomic E-state index is 13.4. The molecular formula is C14H11BrF3N. The molecule has 0 bridgehead atoms. The molecule has 5 heteroatoms.